The van der Waals surface area contributed by atoms with Crippen molar-refractivity contribution in [2.24, 2.45) is 0 Å². The fraction of sp³-hybridized carbons (Fsp3) is 0.588. The molecule has 2 unspecified atom stereocenters. The van der Waals surface area contributed by atoms with Crippen LogP contribution in [-0.4, -0.2) is 29.4 Å². The largest absolute Gasteiger partial charge is 0.397 e. The topological polar surface area (TPSA) is 58.4 Å². The lowest BCUT2D eigenvalue weighted by Crippen LogP contribution is -2.44. The monoisotopic (exact) mass is 289 g/mol. The summed E-state index contributed by atoms with van der Waals surface area (Å²) in [5.41, 5.74) is 7.15. The summed E-state index contributed by atoms with van der Waals surface area (Å²) < 4.78 is 0. The number of rotatable bonds is 5. The van der Waals surface area contributed by atoms with Crippen LogP contribution in [0, 0.1) is 0 Å². The Morgan fingerprint density at radius 2 is 1.95 bits per heavy atom. The molecule has 1 fully saturated rings. The molecule has 0 saturated carbocycles. The van der Waals surface area contributed by atoms with Crippen molar-refractivity contribution in [2.45, 2.75) is 58.0 Å². The van der Waals surface area contributed by atoms with E-state index in [-0.39, 0.29) is 5.91 Å². The van der Waals surface area contributed by atoms with E-state index in [0.717, 1.165) is 13.0 Å². The van der Waals surface area contributed by atoms with Gasteiger partial charge in [-0.25, -0.2) is 0 Å². The molecule has 0 aromatic heterocycles. The minimum atomic E-state index is 0.0465. The van der Waals surface area contributed by atoms with Crippen LogP contribution in [0.15, 0.2) is 24.3 Å². The Balaban J connectivity index is 1.75. The molecular formula is C17H27N3O. The Morgan fingerprint density at radius 3 is 2.62 bits per heavy atom. The quantitative estimate of drug-likeness (QED) is 0.818. The summed E-state index contributed by atoms with van der Waals surface area (Å²) >= 11 is 0. The first-order chi connectivity index (χ1) is 10.1. The van der Waals surface area contributed by atoms with E-state index in [1.54, 1.807) is 6.07 Å². The molecule has 4 nitrogen and oxygen atoms in total. The van der Waals surface area contributed by atoms with Crippen LogP contribution < -0.4 is 11.1 Å². The van der Waals surface area contributed by atoms with Crippen LogP contribution in [0.1, 0.15) is 46.0 Å². The van der Waals surface area contributed by atoms with Crippen molar-refractivity contribution >= 4 is 17.3 Å². The number of benzene rings is 1. The van der Waals surface area contributed by atoms with Crippen molar-refractivity contribution in [3.63, 3.8) is 0 Å². The number of hydrogen-bond donors (Lipinski definition) is 2. The second-order valence-corrected chi connectivity index (χ2v) is 6.11. The Labute approximate surface area is 127 Å². The average molecular weight is 289 g/mol. The normalized spacial score (nSPS) is 23.0. The van der Waals surface area contributed by atoms with E-state index in [1.807, 2.05) is 18.2 Å². The first kappa shape index (κ1) is 15.8. The molecule has 0 radical (unpaired) electrons. The zero-order valence-corrected chi connectivity index (χ0v) is 13.1. The first-order valence-corrected chi connectivity index (χ1v) is 7.98. The van der Waals surface area contributed by atoms with Crippen LogP contribution in [0.3, 0.4) is 0 Å². The molecule has 3 N–H and O–H groups in total. The summed E-state index contributed by atoms with van der Waals surface area (Å²) in [6, 6.07) is 8.66. The number of para-hydroxylation sites is 2. The summed E-state index contributed by atoms with van der Waals surface area (Å²) in [5, 5.41) is 2.89. The highest BCUT2D eigenvalue weighted by Gasteiger charge is 2.23. The number of carbonyl (C=O) groups excluding carboxylic acids is 1. The Bertz CT molecular complexity index is 465. The molecule has 0 aliphatic carbocycles. The van der Waals surface area contributed by atoms with Crippen molar-refractivity contribution in [3.05, 3.63) is 24.3 Å². The molecule has 116 valence electrons. The van der Waals surface area contributed by atoms with Gasteiger partial charge in [-0.05, 0) is 51.8 Å². The van der Waals surface area contributed by atoms with Crippen molar-refractivity contribution in [2.75, 3.05) is 17.6 Å². The number of carbonyl (C=O) groups is 1. The van der Waals surface area contributed by atoms with E-state index in [4.69, 9.17) is 5.73 Å². The van der Waals surface area contributed by atoms with Gasteiger partial charge in [-0.1, -0.05) is 18.6 Å². The lowest BCUT2D eigenvalue weighted by Gasteiger charge is -2.39. The van der Waals surface area contributed by atoms with Crippen LogP contribution in [0.25, 0.3) is 0 Å². The molecule has 2 rings (SSSR count). The fourth-order valence-corrected chi connectivity index (χ4v) is 3.16. The smallest absolute Gasteiger partial charge is 0.224 e. The molecule has 1 amide bonds. The highest BCUT2D eigenvalue weighted by atomic mass is 16.1. The van der Waals surface area contributed by atoms with Gasteiger partial charge in [-0.2, -0.15) is 0 Å². The zero-order valence-electron chi connectivity index (χ0n) is 13.1. The summed E-state index contributed by atoms with van der Waals surface area (Å²) in [4.78, 5) is 14.5. The predicted molar refractivity (Wildman–Crippen MR) is 88.2 cm³/mol. The third kappa shape index (κ3) is 4.46. The third-order valence-electron chi connectivity index (χ3n) is 4.43. The van der Waals surface area contributed by atoms with Crippen LogP contribution in [-0.2, 0) is 4.79 Å². The van der Waals surface area contributed by atoms with Gasteiger partial charge in [0.05, 0.1) is 11.4 Å². The van der Waals surface area contributed by atoms with E-state index < -0.39 is 0 Å². The van der Waals surface area contributed by atoms with E-state index in [2.05, 4.69) is 24.1 Å². The van der Waals surface area contributed by atoms with Gasteiger partial charge in [-0.3, -0.25) is 9.69 Å². The molecular weight excluding hydrogens is 262 g/mol. The van der Waals surface area contributed by atoms with Gasteiger partial charge < -0.3 is 11.1 Å². The number of nitrogens with one attached hydrogen (secondary N) is 1. The van der Waals surface area contributed by atoms with Crippen molar-refractivity contribution < 1.29 is 4.79 Å². The highest BCUT2D eigenvalue weighted by Crippen LogP contribution is 2.23. The molecule has 0 bridgehead atoms. The van der Waals surface area contributed by atoms with Gasteiger partial charge in [0.1, 0.15) is 0 Å². The maximum atomic E-state index is 12.0. The zero-order chi connectivity index (χ0) is 15.2. The molecule has 0 spiro atoms. The van der Waals surface area contributed by atoms with E-state index in [9.17, 15) is 4.79 Å². The number of nitrogens with zero attached hydrogens (tertiary/aromatic N) is 1. The molecule has 1 aromatic rings. The molecule has 1 aromatic carbocycles. The summed E-state index contributed by atoms with van der Waals surface area (Å²) in [6.45, 7) is 5.58. The SMILES string of the molecule is CC1CCCC(C)N1CCCC(=O)Nc1ccccc1N. The molecule has 2 atom stereocenters. The maximum absolute atomic E-state index is 12.0. The fourth-order valence-electron chi connectivity index (χ4n) is 3.16. The number of anilines is 2. The number of nitrogens with two attached hydrogens (primary N) is 1. The summed E-state index contributed by atoms with van der Waals surface area (Å²) in [6.07, 6.45) is 5.32. The molecule has 1 aliphatic heterocycles. The average Bonchev–Trinajstić information content (AvgIpc) is 2.45. The van der Waals surface area contributed by atoms with Gasteiger partial charge in [0.25, 0.3) is 0 Å². The Hall–Kier alpha value is -1.55. The summed E-state index contributed by atoms with van der Waals surface area (Å²) in [5.74, 6) is 0.0465. The Morgan fingerprint density at radius 1 is 1.29 bits per heavy atom. The molecule has 21 heavy (non-hydrogen) atoms. The van der Waals surface area contributed by atoms with Gasteiger partial charge in [0, 0.05) is 18.5 Å². The van der Waals surface area contributed by atoms with Crippen LogP contribution in [0.2, 0.25) is 0 Å². The number of hydrogen-bond acceptors (Lipinski definition) is 3. The van der Waals surface area contributed by atoms with Crippen LogP contribution in [0.5, 0.6) is 0 Å². The maximum Gasteiger partial charge on any atom is 0.224 e. The standard InChI is InChI=1S/C17H27N3O/c1-13-7-5-8-14(2)20(13)12-6-11-17(21)19-16-10-4-3-9-15(16)18/h3-4,9-10,13-14H,5-8,11-12,18H2,1-2H3,(H,19,21). The van der Waals surface area contributed by atoms with E-state index in [0.29, 0.717) is 29.9 Å². The minimum Gasteiger partial charge on any atom is -0.397 e. The third-order valence-corrected chi connectivity index (χ3v) is 4.43. The highest BCUT2D eigenvalue weighted by molar-refractivity contribution is 5.93. The predicted octanol–water partition coefficient (Wildman–Crippen LogP) is 3.25. The molecule has 1 heterocycles. The van der Waals surface area contributed by atoms with Crippen LogP contribution >= 0.6 is 0 Å². The Kier molecular flexibility index (Phi) is 5.62. The number of nitrogen functional groups attached to an aromatic ring is 1. The molecule has 1 aliphatic rings. The van der Waals surface area contributed by atoms with Crippen molar-refractivity contribution in [1.29, 1.82) is 0 Å². The van der Waals surface area contributed by atoms with E-state index >= 15 is 0 Å². The van der Waals surface area contributed by atoms with Crippen molar-refractivity contribution in [3.8, 4) is 0 Å². The number of likely N-dealkylation sites (tertiary alicyclic amines) is 1. The number of amides is 1. The van der Waals surface area contributed by atoms with Gasteiger partial charge in [0.15, 0.2) is 0 Å². The second kappa shape index (κ2) is 7.46. The lowest BCUT2D eigenvalue weighted by molar-refractivity contribution is -0.116. The van der Waals surface area contributed by atoms with Gasteiger partial charge in [0.2, 0.25) is 5.91 Å². The molecule has 4 heteroatoms. The number of piperidine rings is 1. The van der Waals surface area contributed by atoms with E-state index in [1.165, 1.54) is 19.3 Å². The molecule has 1 saturated heterocycles. The second-order valence-electron chi connectivity index (χ2n) is 6.11. The minimum absolute atomic E-state index is 0.0465. The first-order valence-electron chi connectivity index (χ1n) is 7.98. The lowest BCUT2D eigenvalue weighted by atomic mass is 9.97. The van der Waals surface area contributed by atoms with Crippen LogP contribution in [0.4, 0.5) is 11.4 Å². The van der Waals surface area contributed by atoms with Gasteiger partial charge in [-0.15, -0.1) is 0 Å². The van der Waals surface area contributed by atoms with Gasteiger partial charge >= 0.3 is 0 Å². The summed E-state index contributed by atoms with van der Waals surface area (Å²) in [7, 11) is 0. The van der Waals surface area contributed by atoms with Crippen molar-refractivity contribution in [1.82, 2.24) is 4.90 Å².